The molecule has 0 fully saturated rings. The summed E-state index contributed by atoms with van der Waals surface area (Å²) in [6, 6.07) is 2.93. The van der Waals surface area contributed by atoms with E-state index in [0.29, 0.717) is 12.4 Å². The maximum absolute atomic E-state index is 11.7. The molecule has 0 spiro atoms. The van der Waals surface area contributed by atoms with E-state index in [1.807, 2.05) is 13.8 Å². The van der Waals surface area contributed by atoms with Gasteiger partial charge in [-0.2, -0.15) is 0 Å². The maximum Gasteiger partial charge on any atom is 0.311 e. The number of amides is 1. The smallest absolute Gasteiger partial charge is 0.311 e. The number of nitrogens with zero attached hydrogens (tertiary/aromatic N) is 3. The molecule has 0 radical (unpaired) electrons. The minimum Gasteiger partial charge on any atom is -0.370 e. The van der Waals surface area contributed by atoms with Crippen molar-refractivity contribution < 1.29 is 9.72 Å². The second-order valence-electron chi connectivity index (χ2n) is 4.51. The molecule has 0 saturated carbocycles. The fourth-order valence-electron chi connectivity index (χ4n) is 1.55. The van der Waals surface area contributed by atoms with Gasteiger partial charge in [0.25, 0.3) is 0 Å². The minimum absolute atomic E-state index is 0.0323. The summed E-state index contributed by atoms with van der Waals surface area (Å²) in [6.45, 7) is 5.13. The van der Waals surface area contributed by atoms with Crippen molar-refractivity contribution in [2.75, 3.05) is 37.3 Å². The third-order valence-corrected chi connectivity index (χ3v) is 2.93. The van der Waals surface area contributed by atoms with Gasteiger partial charge in [-0.25, -0.2) is 4.98 Å². The first kappa shape index (κ1) is 16.7. The van der Waals surface area contributed by atoms with Gasteiger partial charge >= 0.3 is 5.69 Å². The van der Waals surface area contributed by atoms with E-state index >= 15 is 0 Å². The normalized spacial score (nSPS) is 10.0. The number of nitro groups is 1. The molecule has 8 nitrogen and oxygen atoms in total. The number of likely N-dealkylation sites (N-methyl/N-ethyl adjacent to an activating group) is 1. The van der Waals surface area contributed by atoms with Gasteiger partial charge < -0.3 is 15.5 Å². The Morgan fingerprint density at radius 3 is 2.67 bits per heavy atom. The molecule has 0 aromatic carbocycles. The van der Waals surface area contributed by atoms with E-state index in [2.05, 4.69) is 15.6 Å². The Kier molecular flexibility index (Phi) is 6.38. The van der Waals surface area contributed by atoms with Crippen molar-refractivity contribution in [3.8, 4) is 0 Å². The highest BCUT2D eigenvalue weighted by Gasteiger charge is 2.17. The molecule has 1 heterocycles. The number of aromatic nitrogens is 1. The van der Waals surface area contributed by atoms with Crippen LogP contribution in [0.3, 0.4) is 0 Å². The number of hydrogen-bond acceptors (Lipinski definition) is 6. The Bertz CT molecular complexity index is 507. The minimum atomic E-state index is -0.521. The topological polar surface area (TPSA) is 100 Å². The molecule has 0 aliphatic heterocycles. The molecular formula is C13H21N5O3. The summed E-state index contributed by atoms with van der Waals surface area (Å²) in [5.74, 6) is 0.487. The van der Waals surface area contributed by atoms with Gasteiger partial charge in [-0.15, -0.1) is 0 Å². The third-order valence-electron chi connectivity index (χ3n) is 2.93. The zero-order valence-electron chi connectivity index (χ0n) is 12.5. The van der Waals surface area contributed by atoms with Crippen molar-refractivity contribution in [1.29, 1.82) is 0 Å². The molecule has 0 aliphatic carbocycles. The molecule has 1 amide bonds. The molecule has 21 heavy (non-hydrogen) atoms. The van der Waals surface area contributed by atoms with Gasteiger partial charge in [0.2, 0.25) is 11.7 Å². The summed E-state index contributed by atoms with van der Waals surface area (Å²) in [6.07, 6.45) is 0.918. The van der Waals surface area contributed by atoms with Crippen LogP contribution in [0.5, 0.6) is 0 Å². The van der Waals surface area contributed by atoms with Crippen LogP contribution in [0.15, 0.2) is 12.1 Å². The summed E-state index contributed by atoms with van der Waals surface area (Å²) >= 11 is 0. The number of rotatable bonds is 8. The van der Waals surface area contributed by atoms with E-state index in [-0.39, 0.29) is 24.0 Å². The lowest BCUT2D eigenvalue weighted by Crippen LogP contribution is -2.32. The quantitative estimate of drug-likeness (QED) is 0.559. The van der Waals surface area contributed by atoms with E-state index < -0.39 is 4.92 Å². The largest absolute Gasteiger partial charge is 0.370 e. The van der Waals surface area contributed by atoms with Crippen LogP contribution >= 0.6 is 0 Å². The van der Waals surface area contributed by atoms with Gasteiger partial charge in [0.05, 0.1) is 11.5 Å². The summed E-state index contributed by atoms with van der Waals surface area (Å²) in [5, 5.41) is 16.8. The average Bonchev–Trinajstić information content (AvgIpc) is 2.49. The number of pyridine rings is 1. The van der Waals surface area contributed by atoms with Crippen LogP contribution in [-0.4, -0.2) is 47.4 Å². The van der Waals surface area contributed by atoms with Crippen molar-refractivity contribution in [2.45, 2.75) is 20.3 Å². The van der Waals surface area contributed by atoms with Crippen LogP contribution in [0.2, 0.25) is 0 Å². The first-order valence-electron chi connectivity index (χ1n) is 6.86. The number of nitrogens with one attached hydrogen (secondary N) is 2. The Labute approximate surface area is 123 Å². The van der Waals surface area contributed by atoms with Crippen molar-refractivity contribution in [2.24, 2.45) is 0 Å². The van der Waals surface area contributed by atoms with Gasteiger partial charge in [0.15, 0.2) is 0 Å². The first-order chi connectivity index (χ1) is 9.99. The Morgan fingerprint density at radius 2 is 2.10 bits per heavy atom. The van der Waals surface area contributed by atoms with E-state index in [4.69, 9.17) is 0 Å². The maximum atomic E-state index is 11.7. The molecule has 2 N–H and O–H groups in total. The molecule has 0 atom stereocenters. The molecule has 0 unspecified atom stereocenters. The summed E-state index contributed by atoms with van der Waals surface area (Å²) in [7, 11) is 1.67. The van der Waals surface area contributed by atoms with Crippen molar-refractivity contribution >= 4 is 23.2 Å². The molecule has 116 valence electrons. The Balaban J connectivity index is 2.85. The molecule has 1 aromatic rings. The van der Waals surface area contributed by atoms with Crippen molar-refractivity contribution in [1.82, 2.24) is 9.88 Å². The fourth-order valence-corrected chi connectivity index (χ4v) is 1.55. The molecule has 0 bridgehead atoms. The zero-order valence-corrected chi connectivity index (χ0v) is 12.5. The lowest BCUT2D eigenvalue weighted by atomic mass is 10.3. The van der Waals surface area contributed by atoms with Crippen LogP contribution in [0.4, 0.5) is 17.3 Å². The van der Waals surface area contributed by atoms with Crippen LogP contribution in [0.1, 0.15) is 20.3 Å². The standard InChI is InChI=1S/C13H21N5O3/c1-4-8-14-11-7-6-10(18(20)21)13(16-11)15-9-12(19)17(3)5-2/h6-7H,4-5,8-9H2,1-3H3,(H2,14,15,16). The van der Waals surface area contributed by atoms with Crippen molar-refractivity contribution in [3.63, 3.8) is 0 Å². The average molecular weight is 295 g/mol. The van der Waals surface area contributed by atoms with Crippen LogP contribution in [0, 0.1) is 10.1 Å². The number of hydrogen-bond donors (Lipinski definition) is 2. The molecule has 8 heteroatoms. The second-order valence-corrected chi connectivity index (χ2v) is 4.51. The monoisotopic (exact) mass is 295 g/mol. The lowest BCUT2D eigenvalue weighted by Gasteiger charge is -2.15. The van der Waals surface area contributed by atoms with Gasteiger partial charge in [-0.05, 0) is 19.4 Å². The van der Waals surface area contributed by atoms with E-state index in [1.165, 1.54) is 11.0 Å². The highest BCUT2D eigenvalue weighted by molar-refractivity contribution is 5.81. The van der Waals surface area contributed by atoms with Gasteiger partial charge in [0, 0.05) is 26.2 Å². The third kappa shape index (κ3) is 4.90. The molecular weight excluding hydrogens is 274 g/mol. The highest BCUT2D eigenvalue weighted by atomic mass is 16.6. The van der Waals surface area contributed by atoms with Gasteiger partial charge in [0.1, 0.15) is 5.82 Å². The van der Waals surface area contributed by atoms with E-state index in [9.17, 15) is 14.9 Å². The molecule has 0 saturated heterocycles. The lowest BCUT2D eigenvalue weighted by molar-refractivity contribution is -0.384. The van der Waals surface area contributed by atoms with E-state index in [1.54, 1.807) is 13.1 Å². The highest BCUT2D eigenvalue weighted by Crippen LogP contribution is 2.23. The second kappa shape index (κ2) is 8.03. The summed E-state index contributed by atoms with van der Waals surface area (Å²) in [5.41, 5.74) is -0.149. The molecule has 1 aromatic heterocycles. The predicted octanol–water partition coefficient (Wildman–Crippen LogP) is 1.70. The fraction of sp³-hybridized carbons (Fsp3) is 0.538. The van der Waals surface area contributed by atoms with Crippen molar-refractivity contribution in [3.05, 3.63) is 22.2 Å². The number of anilines is 2. The van der Waals surface area contributed by atoms with E-state index in [0.717, 1.165) is 13.0 Å². The predicted molar refractivity (Wildman–Crippen MR) is 81.5 cm³/mol. The number of carbonyl (C=O) groups is 1. The zero-order chi connectivity index (χ0) is 15.8. The van der Waals surface area contributed by atoms with Gasteiger partial charge in [-0.3, -0.25) is 14.9 Å². The Morgan fingerprint density at radius 1 is 1.38 bits per heavy atom. The summed E-state index contributed by atoms with van der Waals surface area (Å²) in [4.78, 5) is 27.9. The van der Waals surface area contributed by atoms with Gasteiger partial charge in [-0.1, -0.05) is 6.92 Å². The van der Waals surface area contributed by atoms with Crippen LogP contribution in [0.25, 0.3) is 0 Å². The van der Waals surface area contributed by atoms with Crippen LogP contribution < -0.4 is 10.6 Å². The SMILES string of the molecule is CCCNc1ccc([N+](=O)[O-])c(NCC(=O)N(C)CC)n1. The number of carbonyl (C=O) groups excluding carboxylic acids is 1. The molecule has 1 rings (SSSR count). The Hall–Kier alpha value is -2.38. The first-order valence-corrected chi connectivity index (χ1v) is 6.86. The molecule has 0 aliphatic rings. The summed E-state index contributed by atoms with van der Waals surface area (Å²) < 4.78 is 0. The van der Waals surface area contributed by atoms with Crippen LogP contribution in [-0.2, 0) is 4.79 Å².